The van der Waals surface area contributed by atoms with E-state index in [4.69, 9.17) is 14.2 Å². The molecule has 3 aliphatic heterocycles. The van der Waals surface area contributed by atoms with Gasteiger partial charge in [-0.15, -0.1) is 0 Å². The molecule has 1 unspecified atom stereocenters. The smallest absolute Gasteiger partial charge is 0.343 e. The summed E-state index contributed by atoms with van der Waals surface area (Å²) in [6, 6.07) is 9.04. The number of imide groups is 1. The van der Waals surface area contributed by atoms with E-state index in [0.29, 0.717) is 35.8 Å². The van der Waals surface area contributed by atoms with Crippen LogP contribution in [0.1, 0.15) is 39.1 Å². The Morgan fingerprint density at radius 3 is 2.77 bits per heavy atom. The highest BCUT2D eigenvalue weighted by molar-refractivity contribution is 6.06. The molecule has 2 aromatic carbocycles. The first-order valence-corrected chi connectivity index (χ1v) is 9.89. The van der Waals surface area contributed by atoms with Gasteiger partial charge in [-0.2, -0.15) is 0 Å². The van der Waals surface area contributed by atoms with E-state index in [9.17, 15) is 19.2 Å². The largest absolute Gasteiger partial charge is 0.486 e. The maximum atomic E-state index is 12.9. The third kappa shape index (κ3) is 3.37. The summed E-state index contributed by atoms with van der Waals surface area (Å²) in [7, 11) is 0. The van der Waals surface area contributed by atoms with Gasteiger partial charge < -0.3 is 19.1 Å². The van der Waals surface area contributed by atoms with E-state index < -0.39 is 17.9 Å². The number of esters is 1. The molecule has 0 radical (unpaired) electrons. The summed E-state index contributed by atoms with van der Waals surface area (Å²) < 4.78 is 16.5. The van der Waals surface area contributed by atoms with Crippen molar-refractivity contribution in [2.45, 2.75) is 25.4 Å². The summed E-state index contributed by atoms with van der Waals surface area (Å²) in [5, 5.41) is 2.27. The molecule has 158 valence electrons. The van der Waals surface area contributed by atoms with Crippen molar-refractivity contribution in [3.05, 3.63) is 53.1 Å². The van der Waals surface area contributed by atoms with Crippen LogP contribution in [0.25, 0.3) is 0 Å². The number of para-hydroxylation sites is 1. The Hall–Kier alpha value is -3.88. The minimum Gasteiger partial charge on any atom is -0.486 e. The molecule has 0 spiro atoms. The SMILES string of the molecule is O=C1CCC(N2Cc3ccc(C(=O)Oc4cccc5c4OCCO5)cc3C2=O)C(=O)N1. The van der Waals surface area contributed by atoms with Crippen LogP contribution < -0.4 is 19.5 Å². The maximum Gasteiger partial charge on any atom is 0.343 e. The fraction of sp³-hybridized carbons (Fsp3) is 0.273. The highest BCUT2D eigenvalue weighted by Gasteiger charge is 2.39. The molecule has 1 saturated heterocycles. The zero-order valence-corrected chi connectivity index (χ0v) is 16.4. The second-order valence-corrected chi connectivity index (χ2v) is 7.44. The van der Waals surface area contributed by atoms with Gasteiger partial charge in [0.1, 0.15) is 19.3 Å². The molecule has 0 aromatic heterocycles. The molecule has 31 heavy (non-hydrogen) atoms. The van der Waals surface area contributed by atoms with E-state index in [1.54, 1.807) is 30.3 Å². The minimum absolute atomic E-state index is 0.182. The van der Waals surface area contributed by atoms with Gasteiger partial charge in [-0.1, -0.05) is 12.1 Å². The van der Waals surface area contributed by atoms with Crippen LogP contribution in [-0.2, 0) is 16.1 Å². The molecule has 1 fully saturated rings. The third-order valence-corrected chi connectivity index (χ3v) is 5.50. The molecule has 9 heteroatoms. The summed E-state index contributed by atoms with van der Waals surface area (Å²) in [5.74, 6) is -0.713. The zero-order valence-electron chi connectivity index (χ0n) is 16.4. The molecular formula is C22H18N2O7. The molecule has 0 aliphatic carbocycles. The molecule has 0 saturated carbocycles. The van der Waals surface area contributed by atoms with E-state index in [2.05, 4.69) is 5.32 Å². The van der Waals surface area contributed by atoms with Gasteiger partial charge in [-0.3, -0.25) is 19.7 Å². The van der Waals surface area contributed by atoms with Crippen molar-refractivity contribution in [1.82, 2.24) is 10.2 Å². The Labute approximate surface area is 176 Å². The number of ether oxygens (including phenoxy) is 3. The molecule has 3 amide bonds. The average molecular weight is 422 g/mol. The maximum absolute atomic E-state index is 12.9. The fourth-order valence-corrected chi connectivity index (χ4v) is 3.97. The Morgan fingerprint density at radius 1 is 1.10 bits per heavy atom. The van der Waals surface area contributed by atoms with Crippen molar-refractivity contribution in [2.24, 2.45) is 0 Å². The number of rotatable bonds is 3. The van der Waals surface area contributed by atoms with Crippen molar-refractivity contribution >= 4 is 23.7 Å². The molecular weight excluding hydrogens is 404 g/mol. The Balaban J connectivity index is 1.36. The molecule has 9 nitrogen and oxygen atoms in total. The van der Waals surface area contributed by atoms with E-state index in [-0.39, 0.29) is 42.5 Å². The molecule has 2 aromatic rings. The summed E-state index contributed by atoms with van der Waals surface area (Å²) in [6.45, 7) is 1.01. The lowest BCUT2D eigenvalue weighted by molar-refractivity contribution is -0.136. The highest BCUT2D eigenvalue weighted by Crippen LogP contribution is 2.39. The number of fused-ring (bicyclic) bond motifs is 2. The second-order valence-electron chi connectivity index (χ2n) is 7.44. The number of benzene rings is 2. The van der Waals surface area contributed by atoms with Gasteiger partial charge >= 0.3 is 5.97 Å². The van der Waals surface area contributed by atoms with Crippen LogP contribution in [0.5, 0.6) is 17.2 Å². The lowest BCUT2D eigenvalue weighted by Gasteiger charge is -2.29. The summed E-state index contributed by atoms with van der Waals surface area (Å²) in [5.41, 5.74) is 1.25. The molecule has 0 bridgehead atoms. The fourth-order valence-electron chi connectivity index (χ4n) is 3.97. The first-order valence-electron chi connectivity index (χ1n) is 9.89. The first-order chi connectivity index (χ1) is 15.0. The van der Waals surface area contributed by atoms with Gasteiger partial charge in [0.2, 0.25) is 17.6 Å². The van der Waals surface area contributed by atoms with Crippen LogP contribution >= 0.6 is 0 Å². The van der Waals surface area contributed by atoms with E-state index in [1.165, 1.54) is 11.0 Å². The van der Waals surface area contributed by atoms with Crippen molar-refractivity contribution in [3.63, 3.8) is 0 Å². The predicted octanol–water partition coefficient (Wildman–Crippen LogP) is 1.44. The van der Waals surface area contributed by atoms with Gasteiger partial charge in [-0.05, 0) is 36.2 Å². The van der Waals surface area contributed by atoms with Crippen molar-refractivity contribution in [2.75, 3.05) is 13.2 Å². The number of nitrogens with zero attached hydrogens (tertiary/aromatic N) is 1. The van der Waals surface area contributed by atoms with Crippen molar-refractivity contribution in [3.8, 4) is 17.2 Å². The molecule has 5 rings (SSSR count). The number of hydrogen-bond acceptors (Lipinski definition) is 7. The number of carbonyl (C=O) groups excluding carboxylic acids is 4. The normalized spacial score (nSPS) is 19.7. The van der Waals surface area contributed by atoms with Gasteiger partial charge in [-0.25, -0.2) is 4.79 Å². The number of hydrogen-bond donors (Lipinski definition) is 1. The van der Waals surface area contributed by atoms with Crippen LogP contribution in [0.2, 0.25) is 0 Å². The molecule has 1 N–H and O–H groups in total. The van der Waals surface area contributed by atoms with E-state index >= 15 is 0 Å². The van der Waals surface area contributed by atoms with Gasteiger partial charge in [0.05, 0.1) is 5.56 Å². The zero-order chi connectivity index (χ0) is 21.5. The quantitative estimate of drug-likeness (QED) is 0.453. The third-order valence-electron chi connectivity index (χ3n) is 5.50. The van der Waals surface area contributed by atoms with Gasteiger partial charge in [0.15, 0.2) is 11.5 Å². The monoisotopic (exact) mass is 422 g/mol. The Morgan fingerprint density at radius 2 is 1.94 bits per heavy atom. The van der Waals surface area contributed by atoms with Crippen LogP contribution in [0.3, 0.4) is 0 Å². The molecule has 3 aliphatic rings. The second kappa shape index (κ2) is 7.42. The Bertz CT molecular complexity index is 1130. The summed E-state index contributed by atoms with van der Waals surface area (Å²) in [6.07, 6.45) is 0.460. The Kier molecular flexibility index (Phi) is 4.58. The number of amides is 3. The summed E-state index contributed by atoms with van der Waals surface area (Å²) >= 11 is 0. The molecule has 3 heterocycles. The molecule has 1 atom stereocenters. The van der Waals surface area contributed by atoms with E-state index in [1.807, 2.05) is 0 Å². The van der Waals surface area contributed by atoms with Gasteiger partial charge in [0, 0.05) is 18.5 Å². The van der Waals surface area contributed by atoms with Crippen LogP contribution in [0, 0.1) is 0 Å². The van der Waals surface area contributed by atoms with Crippen LogP contribution in [-0.4, -0.2) is 47.8 Å². The first kappa shape index (κ1) is 19.1. The number of carbonyl (C=O) groups is 4. The van der Waals surface area contributed by atoms with Crippen LogP contribution in [0.4, 0.5) is 0 Å². The van der Waals surface area contributed by atoms with Crippen molar-refractivity contribution in [1.29, 1.82) is 0 Å². The standard InChI is InChI=1S/C22H18N2O7/c25-18-7-6-15(20(26)23-18)24-11-13-5-4-12(10-14(13)21(24)27)22(28)31-17-3-1-2-16-19(17)30-9-8-29-16/h1-5,10,15H,6-9,11H2,(H,23,25,26). The number of nitrogens with one attached hydrogen (secondary N) is 1. The van der Waals surface area contributed by atoms with E-state index in [0.717, 1.165) is 0 Å². The minimum atomic E-state index is -0.707. The topological polar surface area (TPSA) is 111 Å². The summed E-state index contributed by atoms with van der Waals surface area (Å²) in [4.78, 5) is 50.6. The highest BCUT2D eigenvalue weighted by atomic mass is 16.6. The van der Waals surface area contributed by atoms with Crippen LogP contribution in [0.15, 0.2) is 36.4 Å². The number of piperidine rings is 1. The predicted molar refractivity (Wildman–Crippen MR) is 105 cm³/mol. The average Bonchev–Trinajstić information content (AvgIpc) is 3.09. The lowest BCUT2D eigenvalue weighted by atomic mass is 10.0. The van der Waals surface area contributed by atoms with Gasteiger partial charge in [0.25, 0.3) is 5.91 Å². The van der Waals surface area contributed by atoms with Crippen molar-refractivity contribution < 1.29 is 33.4 Å². The lowest BCUT2D eigenvalue weighted by Crippen LogP contribution is -2.52.